The van der Waals surface area contributed by atoms with Crippen LogP contribution in [-0.2, 0) is 6.54 Å². The van der Waals surface area contributed by atoms with Gasteiger partial charge in [-0.2, -0.15) is 0 Å². The van der Waals surface area contributed by atoms with Crippen LogP contribution in [0.3, 0.4) is 0 Å². The van der Waals surface area contributed by atoms with E-state index in [1.807, 2.05) is 0 Å². The van der Waals surface area contributed by atoms with Gasteiger partial charge in [-0.15, -0.1) is 0 Å². The Bertz CT molecular complexity index is 630. The molecule has 21 heavy (non-hydrogen) atoms. The molecular formula is C14H11Cl4NO2. The zero-order chi connectivity index (χ0) is 15.6. The normalized spacial score (nSPS) is 10.5. The molecule has 0 fully saturated rings. The van der Waals surface area contributed by atoms with E-state index < -0.39 is 0 Å². The van der Waals surface area contributed by atoms with Gasteiger partial charge in [-0.3, -0.25) is 0 Å². The van der Waals surface area contributed by atoms with Gasteiger partial charge in [0, 0.05) is 12.2 Å². The van der Waals surface area contributed by atoms with Gasteiger partial charge in [0.05, 0.1) is 27.2 Å². The van der Waals surface area contributed by atoms with Crippen molar-refractivity contribution in [1.29, 1.82) is 0 Å². The second-order valence-corrected chi connectivity index (χ2v) is 5.86. The number of phenolic OH excluding ortho intramolecular Hbond substituents is 1. The molecule has 0 aliphatic heterocycles. The summed E-state index contributed by atoms with van der Waals surface area (Å²) >= 11 is 23.9. The average Bonchev–Trinajstić information content (AvgIpc) is 2.42. The molecule has 2 aromatic rings. The number of ether oxygens (including phenoxy) is 1. The molecular weight excluding hydrogens is 356 g/mol. The van der Waals surface area contributed by atoms with Crippen molar-refractivity contribution in [3.05, 3.63) is 49.9 Å². The van der Waals surface area contributed by atoms with Crippen molar-refractivity contribution >= 4 is 52.1 Å². The molecule has 0 spiro atoms. The fraction of sp³-hybridized carbons (Fsp3) is 0.143. The van der Waals surface area contributed by atoms with E-state index in [0.29, 0.717) is 28.0 Å². The molecule has 3 nitrogen and oxygen atoms in total. The summed E-state index contributed by atoms with van der Waals surface area (Å²) in [6.07, 6.45) is 0. The van der Waals surface area contributed by atoms with Crippen LogP contribution in [0.2, 0.25) is 20.1 Å². The SMILES string of the molecule is COc1c(Cl)cc(CNc2cc(Cl)c(O)c(Cl)c2)cc1Cl. The third-order valence-corrected chi connectivity index (χ3v) is 3.91. The molecule has 0 aliphatic rings. The van der Waals surface area contributed by atoms with Crippen LogP contribution in [-0.4, -0.2) is 12.2 Å². The first-order valence-electron chi connectivity index (χ1n) is 5.86. The van der Waals surface area contributed by atoms with Crippen LogP contribution in [0.1, 0.15) is 5.56 Å². The van der Waals surface area contributed by atoms with Crippen LogP contribution in [0.5, 0.6) is 11.5 Å². The third kappa shape index (κ3) is 3.80. The van der Waals surface area contributed by atoms with E-state index in [-0.39, 0.29) is 15.8 Å². The van der Waals surface area contributed by atoms with Gasteiger partial charge < -0.3 is 15.2 Å². The van der Waals surface area contributed by atoms with E-state index in [0.717, 1.165) is 5.56 Å². The van der Waals surface area contributed by atoms with Gasteiger partial charge in [0.15, 0.2) is 11.5 Å². The first-order valence-corrected chi connectivity index (χ1v) is 7.37. The van der Waals surface area contributed by atoms with Crippen molar-refractivity contribution in [2.45, 2.75) is 6.54 Å². The predicted octanol–water partition coefficient (Wildman–Crippen LogP) is 5.63. The quantitative estimate of drug-likeness (QED) is 0.689. The van der Waals surface area contributed by atoms with Gasteiger partial charge in [-0.25, -0.2) is 0 Å². The lowest BCUT2D eigenvalue weighted by atomic mass is 10.2. The maximum atomic E-state index is 9.51. The van der Waals surface area contributed by atoms with Crippen LogP contribution in [0.15, 0.2) is 24.3 Å². The van der Waals surface area contributed by atoms with Crippen LogP contribution in [0.25, 0.3) is 0 Å². The van der Waals surface area contributed by atoms with Crippen molar-refractivity contribution in [2.75, 3.05) is 12.4 Å². The standard InChI is InChI=1S/C14H11Cl4NO2/c1-21-14-11(17)2-7(3-12(14)18)6-19-8-4-9(15)13(20)10(16)5-8/h2-5,19-20H,6H2,1H3. The van der Waals surface area contributed by atoms with E-state index in [9.17, 15) is 5.11 Å². The molecule has 0 atom stereocenters. The van der Waals surface area contributed by atoms with Crippen LogP contribution < -0.4 is 10.1 Å². The third-order valence-electron chi connectivity index (χ3n) is 2.78. The number of rotatable bonds is 4. The van der Waals surface area contributed by atoms with Crippen molar-refractivity contribution in [3.63, 3.8) is 0 Å². The highest BCUT2D eigenvalue weighted by molar-refractivity contribution is 6.38. The summed E-state index contributed by atoms with van der Waals surface area (Å²) in [5.41, 5.74) is 1.54. The lowest BCUT2D eigenvalue weighted by molar-refractivity contribution is 0.415. The summed E-state index contributed by atoms with van der Waals surface area (Å²) in [6, 6.07) is 6.66. The molecule has 0 saturated heterocycles. The molecule has 0 bridgehead atoms. The van der Waals surface area contributed by atoms with Crippen LogP contribution >= 0.6 is 46.4 Å². The Hall–Kier alpha value is -1.000. The topological polar surface area (TPSA) is 41.5 Å². The van der Waals surface area contributed by atoms with Gasteiger partial charge in [-0.05, 0) is 29.8 Å². The minimum Gasteiger partial charge on any atom is -0.505 e. The minimum atomic E-state index is -0.139. The minimum absolute atomic E-state index is 0.139. The Morgan fingerprint density at radius 1 is 0.952 bits per heavy atom. The monoisotopic (exact) mass is 365 g/mol. The number of halogens is 4. The van der Waals surface area contributed by atoms with Crippen molar-refractivity contribution < 1.29 is 9.84 Å². The number of benzene rings is 2. The number of phenols is 1. The molecule has 2 N–H and O–H groups in total. The summed E-state index contributed by atoms with van der Waals surface area (Å²) in [4.78, 5) is 0. The summed E-state index contributed by atoms with van der Waals surface area (Å²) in [6.45, 7) is 0.459. The maximum absolute atomic E-state index is 9.51. The first kappa shape index (κ1) is 16.4. The molecule has 7 heteroatoms. The summed E-state index contributed by atoms with van der Waals surface area (Å²) in [7, 11) is 1.51. The number of aromatic hydroxyl groups is 1. The highest BCUT2D eigenvalue weighted by Crippen LogP contribution is 2.36. The second kappa shape index (κ2) is 6.84. The maximum Gasteiger partial charge on any atom is 0.156 e. The molecule has 0 aliphatic carbocycles. The predicted molar refractivity (Wildman–Crippen MR) is 88.5 cm³/mol. The summed E-state index contributed by atoms with van der Waals surface area (Å²) < 4.78 is 5.09. The van der Waals surface area contributed by atoms with Crippen molar-refractivity contribution in [2.24, 2.45) is 0 Å². The van der Waals surface area contributed by atoms with E-state index in [2.05, 4.69) is 5.32 Å². The zero-order valence-corrected chi connectivity index (χ0v) is 13.9. The van der Waals surface area contributed by atoms with Crippen molar-refractivity contribution in [1.82, 2.24) is 0 Å². The van der Waals surface area contributed by atoms with Gasteiger partial charge in [0.25, 0.3) is 0 Å². The number of hydrogen-bond donors (Lipinski definition) is 2. The smallest absolute Gasteiger partial charge is 0.156 e. The van der Waals surface area contributed by atoms with Crippen LogP contribution in [0, 0.1) is 0 Å². The number of anilines is 1. The molecule has 2 rings (SSSR count). The molecule has 0 amide bonds. The Kier molecular flexibility index (Phi) is 5.33. The Morgan fingerprint density at radius 2 is 1.48 bits per heavy atom. The molecule has 2 aromatic carbocycles. The number of hydrogen-bond acceptors (Lipinski definition) is 3. The largest absolute Gasteiger partial charge is 0.505 e. The molecule has 0 heterocycles. The van der Waals surface area contributed by atoms with Gasteiger partial charge >= 0.3 is 0 Å². The highest BCUT2D eigenvalue weighted by Gasteiger charge is 2.10. The zero-order valence-electron chi connectivity index (χ0n) is 10.9. The highest BCUT2D eigenvalue weighted by atomic mass is 35.5. The van der Waals surface area contributed by atoms with E-state index in [4.69, 9.17) is 51.1 Å². The van der Waals surface area contributed by atoms with E-state index in [1.54, 1.807) is 24.3 Å². The lowest BCUT2D eigenvalue weighted by Gasteiger charge is -2.11. The van der Waals surface area contributed by atoms with Gasteiger partial charge in [0.2, 0.25) is 0 Å². The van der Waals surface area contributed by atoms with Gasteiger partial charge in [0.1, 0.15) is 0 Å². The van der Waals surface area contributed by atoms with Crippen molar-refractivity contribution in [3.8, 4) is 11.5 Å². The molecule has 0 saturated carbocycles. The van der Waals surface area contributed by atoms with E-state index >= 15 is 0 Å². The number of methoxy groups -OCH3 is 1. The summed E-state index contributed by atoms with van der Waals surface area (Å²) in [5, 5.41) is 13.9. The Balaban J connectivity index is 2.17. The van der Waals surface area contributed by atoms with Gasteiger partial charge in [-0.1, -0.05) is 46.4 Å². The number of nitrogens with one attached hydrogen (secondary N) is 1. The molecule has 112 valence electrons. The first-order chi connectivity index (χ1) is 9.92. The molecule has 0 radical (unpaired) electrons. The van der Waals surface area contributed by atoms with Crippen LogP contribution in [0.4, 0.5) is 5.69 Å². The second-order valence-electron chi connectivity index (χ2n) is 4.23. The molecule has 0 aromatic heterocycles. The Labute approximate surface area is 142 Å². The summed E-state index contributed by atoms with van der Waals surface area (Å²) in [5.74, 6) is 0.303. The lowest BCUT2D eigenvalue weighted by Crippen LogP contribution is -2.00. The molecule has 0 unspecified atom stereocenters. The Morgan fingerprint density at radius 3 is 1.95 bits per heavy atom. The fourth-order valence-electron chi connectivity index (χ4n) is 1.78. The fourth-order valence-corrected chi connectivity index (χ4v) is 2.95. The average molecular weight is 367 g/mol. The van der Waals surface area contributed by atoms with E-state index in [1.165, 1.54) is 7.11 Å².